The lowest BCUT2D eigenvalue weighted by molar-refractivity contribution is 0.140. The van der Waals surface area contributed by atoms with Gasteiger partial charge in [-0.1, -0.05) is 6.07 Å². The van der Waals surface area contributed by atoms with Crippen LogP contribution < -0.4 is 14.2 Å². The predicted octanol–water partition coefficient (Wildman–Crippen LogP) is 3.57. The molecule has 136 valence electrons. The molecular weight excluding hydrogens is 350 g/mol. The van der Waals surface area contributed by atoms with Crippen molar-refractivity contribution < 1.29 is 32.9 Å². The Morgan fingerprint density at radius 1 is 1.31 bits per heavy atom. The van der Waals surface area contributed by atoms with Gasteiger partial charge in [-0.15, -0.1) is 0 Å². The molecular formula is C17H14F2N2O5. The van der Waals surface area contributed by atoms with Crippen LogP contribution in [-0.4, -0.2) is 27.8 Å². The summed E-state index contributed by atoms with van der Waals surface area (Å²) in [7, 11) is 1.30. The minimum Gasteiger partial charge on any atom is -0.485 e. The number of ether oxygens (including phenoxy) is 3. The normalized spacial score (nSPS) is 10.8. The van der Waals surface area contributed by atoms with Crippen LogP contribution in [0.2, 0.25) is 0 Å². The van der Waals surface area contributed by atoms with Crippen molar-refractivity contribution in [2.75, 3.05) is 7.11 Å². The Hall–Kier alpha value is -3.36. The van der Waals surface area contributed by atoms with Gasteiger partial charge in [0.2, 0.25) is 0 Å². The van der Waals surface area contributed by atoms with E-state index in [1.165, 1.54) is 17.6 Å². The summed E-state index contributed by atoms with van der Waals surface area (Å²) in [6, 6.07) is 5.12. The summed E-state index contributed by atoms with van der Waals surface area (Å²) in [6.07, 6.45) is 0.0298. The molecule has 3 aromatic rings. The summed E-state index contributed by atoms with van der Waals surface area (Å²) in [6.45, 7) is 1.36. The second-order valence-electron chi connectivity index (χ2n) is 5.36. The van der Waals surface area contributed by atoms with E-state index < -0.39 is 17.8 Å². The van der Waals surface area contributed by atoms with Gasteiger partial charge in [-0.3, -0.25) is 4.40 Å². The van der Waals surface area contributed by atoms with Crippen LogP contribution in [0.3, 0.4) is 0 Å². The lowest BCUT2D eigenvalue weighted by atomic mass is 10.2. The molecule has 0 saturated heterocycles. The topological polar surface area (TPSA) is 82.3 Å². The van der Waals surface area contributed by atoms with E-state index in [4.69, 9.17) is 19.3 Å². The second kappa shape index (κ2) is 6.87. The third-order valence-corrected chi connectivity index (χ3v) is 3.56. The molecule has 2 aromatic heterocycles. The van der Waals surface area contributed by atoms with Gasteiger partial charge in [0, 0.05) is 6.20 Å². The molecule has 3 rings (SSSR count). The van der Waals surface area contributed by atoms with E-state index >= 15 is 0 Å². The zero-order valence-electron chi connectivity index (χ0n) is 13.8. The van der Waals surface area contributed by atoms with Crippen molar-refractivity contribution in [3.63, 3.8) is 0 Å². The number of pyridine rings is 1. The number of fused-ring (bicyclic) bond motifs is 1. The van der Waals surface area contributed by atoms with Crippen LogP contribution in [-0.2, 0) is 6.61 Å². The average molecular weight is 364 g/mol. The van der Waals surface area contributed by atoms with E-state index in [0.717, 1.165) is 12.1 Å². The van der Waals surface area contributed by atoms with Gasteiger partial charge in [0.25, 0.3) is 11.8 Å². The summed E-state index contributed by atoms with van der Waals surface area (Å²) in [5, 5.41) is 8.88. The number of carboxylic acid groups (broad SMARTS) is 1. The van der Waals surface area contributed by atoms with Gasteiger partial charge in [0.1, 0.15) is 18.2 Å². The average Bonchev–Trinajstić information content (AvgIpc) is 2.91. The molecule has 0 fully saturated rings. The first-order chi connectivity index (χ1) is 12.4. The smallest absolute Gasteiger partial charge is 0.485 e. The van der Waals surface area contributed by atoms with E-state index in [0.29, 0.717) is 5.56 Å². The van der Waals surface area contributed by atoms with Gasteiger partial charge in [-0.05, 0) is 30.7 Å². The van der Waals surface area contributed by atoms with Crippen LogP contribution >= 0.6 is 0 Å². The van der Waals surface area contributed by atoms with Crippen molar-refractivity contribution in [1.29, 1.82) is 0 Å². The van der Waals surface area contributed by atoms with Crippen LogP contribution in [0.5, 0.6) is 17.5 Å². The lowest BCUT2D eigenvalue weighted by Crippen LogP contribution is -2.07. The van der Waals surface area contributed by atoms with Crippen molar-refractivity contribution in [2.24, 2.45) is 0 Å². The number of benzene rings is 1. The van der Waals surface area contributed by atoms with E-state index in [1.807, 2.05) is 0 Å². The molecule has 0 radical (unpaired) electrons. The maximum absolute atomic E-state index is 13.8. The highest BCUT2D eigenvalue weighted by molar-refractivity contribution is 5.66. The Labute approximate surface area is 146 Å². The summed E-state index contributed by atoms with van der Waals surface area (Å²) < 4.78 is 44.2. The second-order valence-corrected chi connectivity index (χ2v) is 5.36. The van der Waals surface area contributed by atoms with Crippen molar-refractivity contribution in [3.8, 4) is 17.5 Å². The Morgan fingerprint density at radius 3 is 2.62 bits per heavy atom. The van der Waals surface area contributed by atoms with Gasteiger partial charge >= 0.3 is 6.16 Å². The van der Waals surface area contributed by atoms with Crippen LogP contribution in [0.1, 0.15) is 11.1 Å². The van der Waals surface area contributed by atoms with Crippen molar-refractivity contribution in [2.45, 2.75) is 13.5 Å². The van der Waals surface area contributed by atoms with Gasteiger partial charge in [0.05, 0.1) is 12.7 Å². The van der Waals surface area contributed by atoms with E-state index in [-0.39, 0.29) is 35.3 Å². The number of rotatable bonds is 5. The Bertz CT molecular complexity index is 967. The monoisotopic (exact) mass is 364 g/mol. The fourth-order valence-corrected chi connectivity index (χ4v) is 2.44. The summed E-state index contributed by atoms with van der Waals surface area (Å²) >= 11 is 0. The van der Waals surface area contributed by atoms with Gasteiger partial charge in [-0.25, -0.2) is 13.6 Å². The third kappa shape index (κ3) is 3.23. The quantitative estimate of drug-likeness (QED) is 0.697. The molecule has 0 aliphatic heterocycles. The van der Waals surface area contributed by atoms with E-state index in [1.54, 1.807) is 19.2 Å². The number of halogens is 2. The zero-order chi connectivity index (χ0) is 18.8. The molecule has 9 heteroatoms. The van der Waals surface area contributed by atoms with Crippen LogP contribution in [0.25, 0.3) is 5.65 Å². The number of carbonyl (C=O) groups is 1. The summed E-state index contributed by atoms with van der Waals surface area (Å²) in [5.74, 6) is -1.50. The first kappa shape index (κ1) is 17.5. The number of hydrogen-bond acceptors (Lipinski definition) is 5. The number of aromatic nitrogens is 2. The summed E-state index contributed by atoms with van der Waals surface area (Å²) in [4.78, 5) is 15.0. The Balaban J connectivity index is 2.03. The summed E-state index contributed by atoms with van der Waals surface area (Å²) in [5.41, 5.74) is 0.630. The van der Waals surface area contributed by atoms with E-state index in [9.17, 15) is 13.6 Å². The standard InChI is InChI=1S/C17H14F2N2O5/c1-9-6-13(25-8-10-11(18)4-3-5-12(10)19)14-20-15(24-2)16(21(14)7-9)26-17(22)23/h3-7H,8H2,1-2H3,(H,22,23). The highest BCUT2D eigenvalue weighted by Gasteiger charge is 2.21. The third-order valence-electron chi connectivity index (χ3n) is 3.56. The highest BCUT2D eigenvalue weighted by atomic mass is 19.1. The first-order valence-corrected chi connectivity index (χ1v) is 7.44. The van der Waals surface area contributed by atoms with Gasteiger partial charge in [0.15, 0.2) is 11.4 Å². The van der Waals surface area contributed by atoms with Gasteiger partial charge < -0.3 is 19.3 Å². The number of hydrogen-bond donors (Lipinski definition) is 1. The SMILES string of the molecule is COc1nc2c(OCc3c(F)cccc3F)cc(C)cn2c1OC(=O)O. The fraction of sp³-hybridized carbons (Fsp3) is 0.176. The molecule has 0 aliphatic rings. The molecule has 0 amide bonds. The molecule has 7 nitrogen and oxygen atoms in total. The van der Waals surface area contributed by atoms with E-state index in [2.05, 4.69) is 4.98 Å². The Kier molecular flexibility index (Phi) is 4.61. The number of nitrogens with zero attached hydrogens (tertiary/aromatic N) is 2. The molecule has 1 N–H and O–H groups in total. The van der Waals surface area contributed by atoms with Crippen LogP contribution in [0, 0.1) is 18.6 Å². The zero-order valence-corrected chi connectivity index (χ0v) is 13.8. The molecule has 0 spiro atoms. The fourth-order valence-electron chi connectivity index (χ4n) is 2.44. The maximum Gasteiger partial charge on any atom is 0.512 e. The molecule has 0 unspecified atom stereocenters. The first-order valence-electron chi connectivity index (χ1n) is 7.44. The Morgan fingerprint density at radius 2 is 2.00 bits per heavy atom. The van der Waals surface area contributed by atoms with Crippen molar-refractivity contribution in [1.82, 2.24) is 9.38 Å². The van der Waals surface area contributed by atoms with Crippen LogP contribution in [0.15, 0.2) is 30.5 Å². The molecule has 26 heavy (non-hydrogen) atoms. The largest absolute Gasteiger partial charge is 0.512 e. The maximum atomic E-state index is 13.8. The number of imidazole rings is 1. The molecule has 2 heterocycles. The molecule has 1 aromatic carbocycles. The molecule has 0 atom stereocenters. The number of aryl methyl sites for hydroxylation is 1. The minimum atomic E-state index is -1.54. The highest BCUT2D eigenvalue weighted by Crippen LogP contribution is 2.33. The van der Waals surface area contributed by atoms with Crippen molar-refractivity contribution in [3.05, 3.63) is 53.2 Å². The molecule has 0 saturated carbocycles. The predicted molar refractivity (Wildman–Crippen MR) is 85.8 cm³/mol. The number of methoxy groups -OCH3 is 1. The lowest BCUT2D eigenvalue weighted by Gasteiger charge is -2.10. The van der Waals surface area contributed by atoms with Crippen LogP contribution in [0.4, 0.5) is 13.6 Å². The molecule has 0 bridgehead atoms. The minimum absolute atomic E-state index is 0.0695. The molecule has 0 aliphatic carbocycles. The van der Waals surface area contributed by atoms with Crippen molar-refractivity contribution >= 4 is 11.8 Å². The van der Waals surface area contributed by atoms with Gasteiger partial charge in [-0.2, -0.15) is 4.98 Å².